The smallest absolute Gasteiger partial charge is 0.0589 e. The second-order valence-corrected chi connectivity index (χ2v) is 3.39. The molecule has 0 saturated carbocycles. The van der Waals surface area contributed by atoms with Crippen molar-refractivity contribution in [1.82, 2.24) is 4.90 Å². The van der Waals surface area contributed by atoms with Gasteiger partial charge in [0.25, 0.3) is 0 Å². The Labute approximate surface area is 68.5 Å². The Kier molecular flexibility index (Phi) is 3.30. The summed E-state index contributed by atoms with van der Waals surface area (Å²) in [4.78, 5) is 2.36. The number of ether oxygens (including phenoxy) is 1. The second-order valence-electron chi connectivity index (χ2n) is 3.39. The van der Waals surface area contributed by atoms with Gasteiger partial charge in [-0.1, -0.05) is 6.92 Å². The normalized spacial score (nSPS) is 33.0. The fraction of sp³-hybridized carbons (Fsp3) is 1.00. The molecule has 11 heavy (non-hydrogen) atoms. The van der Waals surface area contributed by atoms with Crippen molar-refractivity contribution in [2.45, 2.75) is 13.0 Å². The van der Waals surface area contributed by atoms with E-state index in [0.717, 1.165) is 26.2 Å². The van der Waals surface area contributed by atoms with Gasteiger partial charge in [0.05, 0.1) is 6.61 Å². The van der Waals surface area contributed by atoms with Crippen LogP contribution in [-0.2, 0) is 4.74 Å². The van der Waals surface area contributed by atoms with Crippen LogP contribution in [0.1, 0.15) is 6.92 Å². The third-order valence-electron chi connectivity index (χ3n) is 2.36. The first-order chi connectivity index (χ1) is 5.24. The molecular weight excluding hydrogens is 140 g/mol. The lowest BCUT2D eigenvalue weighted by Crippen LogP contribution is -2.29. The van der Waals surface area contributed by atoms with Crippen LogP contribution >= 0.6 is 0 Å². The molecule has 3 heteroatoms. The van der Waals surface area contributed by atoms with Gasteiger partial charge < -0.3 is 10.5 Å². The van der Waals surface area contributed by atoms with Crippen molar-refractivity contribution in [3.05, 3.63) is 0 Å². The van der Waals surface area contributed by atoms with Crippen LogP contribution in [0.2, 0.25) is 0 Å². The zero-order chi connectivity index (χ0) is 8.27. The van der Waals surface area contributed by atoms with Crippen LogP contribution in [0.25, 0.3) is 0 Å². The van der Waals surface area contributed by atoms with Crippen molar-refractivity contribution in [2.24, 2.45) is 11.7 Å². The number of likely N-dealkylation sites (tertiary alicyclic amines) is 1. The molecule has 1 fully saturated rings. The summed E-state index contributed by atoms with van der Waals surface area (Å²) < 4.78 is 4.99. The fourth-order valence-corrected chi connectivity index (χ4v) is 1.50. The first-order valence-corrected chi connectivity index (χ1v) is 4.21. The van der Waals surface area contributed by atoms with E-state index < -0.39 is 0 Å². The van der Waals surface area contributed by atoms with E-state index in [4.69, 9.17) is 10.5 Å². The average molecular weight is 158 g/mol. The SMILES string of the molecule is COCCN1CC(C)C(N)C1. The van der Waals surface area contributed by atoms with Crippen LogP contribution in [0.3, 0.4) is 0 Å². The van der Waals surface area contributed by atoms with Crippen LogP contribution in [0.4, 0.5) is 0 Å². The zero-order valence-electron chi connectivity index (χ0n) is 7.42. The van der Waals surface area contributed by atoms with E-state index in [1.54, 1.807) is 7.11 Å². The lowest BCUT2D eigenvalue weighted by Gasteiger charge is -2.13. The summed E-state index contributed by atoms with van der Waals surface area (Å²) in [5.41, 5.74) is 5.86. The average Bonchev–Trinajstić information content (AvgIpc) is 2.28. The minimum Gasteiger partial charge on any atom is -0.383 e. The van der Waals surface area contributed by atoms with Gasteiger partial charge in [0.1, 0.15) is 0 Å². The zero-order valence-corrected chi connectivity index (χ0v) is 7.42. The second kappa shape index (κ2) is 4.04. The molecule has 66 valence electrons. The Bertz CT molecular complexity index is 109. The maximum atomic E-state index is 5.86. The Morgan fingerprint density at radius 2 is 2.27 bits per heavy atom. The molecule has 2 atom stereocenters. The quantitative estimate of drug-likeness (QED) is 0.624. The summed E-state index contributed by atoms with van der Waals surface area (Å²) in [5.74, 6) is 0.645. The topological polar surface area (TPSA) is 38.5 Å². The third-order valence-corrected chi connectivity index (χ3v) is 2.36. The molecule has 0 radical (unpaired) electrons. The highest BCUT2D eigenvalue weighted by molar-refractivity contribution is 4.83. The third kappa shape index (κ3) is 2.43. The van der Waals surface area contributed by atoms with Gasteiger partial charge in [-0.15, -0.1) is 0 Å². The van der Waals surface area contributed by atoms with Crippen molar-refractivity contribution in [2.75, 3.05) is 33.4 Å². The largest absolute Gasteiger partial charge is 0.383 e. The van der Waals surface area contributed by atoms with Crippen LogP contribution in [0.5, 0.6) is 0 Å². The molecule has 1 aliphatic heterocycles. The highest BCUT2D eigenvalue weighted by Crippen LogP contribution is 2.13. The van der Waals surface area contributed by atoms with E-state index in [1.807, 2.05) is 0 Å². The molecule has 0 aromatic rings. The molecule has 0 spiro atoms. The van der Waals surface area contributed by atoms with Crippen molar-refractivity contribution >= 4 is 0 Å². The number of methoxy groups -OCH3 is 1. The van der Waals surface area contributed by atoms with Gasteiger partial charge in [-0.3, -0.25) is 4.90 Å². The minimum atomic E-state index is 0.367. The standard InChI is InChI=1S/C8H18N2O/c1-7-5-10(3-4-11-2)6-8(7)9/h7-8H,3-6,9H2,1-2H3. The Hall–Kier alpha value is -0.120. The predicted molar refractivity (Wildman–Crippen MR) is 45.5 cm³/mol. The fourth-order valence-electron chi connectivity index (χ4n) is 1.50. The number of hydrogen-bond donors (Lipinski definition) is 1. The molecule has 1 saturated heterocycles. The summed E-state index contributed by atoms with van der Waals surface area (Å²) in [6.45, 7) is 6.21. The Morgan fingerprint density at radius 3 is 2.73 bits per heavy atom. The predicted octanol–water partition coefficient (Wildman–Crippen LogP) is -0.0882. The lowest BCUT2D eigenvalue weighted by atomic mass is 10.1. The molecule has 0 aromatic carbocycles. The van der Waals surface area contributed by atoms with E-state index in [-0.39, 0.29) is 0 Å². The monoisotopic (exact) mass is 158 g/mol. The minimum absolute atomic E-state index is 0.367. The molecule has 0 amide bonds. The van der Waals surface area contributed by atoms with Gasteiger partial charge in [-0.05, 0) is 5.92 Å². The van der Waals surface area contributed by atoms with Crippen LogP contribution in [-0.4, -0.2) is 44.3 Å². The molecule has 0 aliphatic carbocycles. The number of hydrogen-bond acceptors (Lipinski definition) is 3. The van der Waals surface area contributed by atoms with E-state index >= 15 is 0 Å². The van der Waals surface area contributed by atoms with E-state index in [1.165, 1.54) is 0 Å². The molecule has 2 unspecified atom stereocenters. The Balaban J connectivity index is 2.18. The van der Waals surface area contributed by atoms with Crippen molar-refractivity contribution in [1.29, 1.82) is 0 Å². The van der Waals surface area contributed by atoms with Gasteiger partial charge in [-0.25, -0.2) is 0 Å². The van der Waals surface area contributed by atoms with Crippen molar-refractivity contribution < 1.29 is 4.74 Å². The molecule has 1 aliphatic rings. The highest BCUT2D eigenvalue weighted by atomic mass is 16.5. The maximum absolute atomic E-state index is 5.86. The van der Waals surface area contributed by atoms with Crippen molar-refractivity contribution in [3.63, 3.8) is 0 Å². The van der Waals surface area contributed by atoms with E-state index in [9.17, 15) is 0 Å². The summed E-state index contributed by atoms with van der Waals surface area (Å²) in [6, 6.07) is 0.367. The van der Waals surface area contributed by atoms with Gasteiger partial charge in [-0.2, -0.15) is 0 Å². The van der Waals surface area contributed by atoms with E-state index in [0.29, 0.717) is 12.0 Å². The molecule has 2 N–H and O–H groups in total. The Morgan fingerprint density at radius 1 is 1.55 bits per heavy atom. The van der Waals surface area contributed by atoms with Gasteiger partial charge >= 0.3 is 0 Å². The van der Waals surface area contributed by atoms with E-state index in [2.05, 4.69) is 11.8 Å². The van der Waals surface area contributed by atoms with Crippen LogP contribution < -0.4 is 5.73 Å². The van der Waals surface area contributed by atoms with Gasteiger partial charge in [0.15, 0.2) is 0 Å². The molecule has 3 nitrogen and oxygen atoms in total. The van der Waals surface area contributed by atoms with Crippen LogP contribution in [0.15, 0.2) is 0 Å². The molecule has 0 aromatic heterocycles. The number of rotatable bonds is 3. The maximum Gasteiger partial charge on any atom is 0.0589 e. The summed E-state index contributed by atoms with van der Waals surface area (Å²) in [5, 5.41) is 0. The van der Waals surface area contributed by atoms with Gasteiger partial charge in [0.2, 0.25) is 0 Å². The first kappa shape index (κ1) is 8.97. The molecule has 1 heterocycles. The first-order valence-electron chi connectivity index (χ1n) is 4.21. The van der Waals surface area contributed by atoms with Crippen LogP contribution in [0, 0.1) is 5.92 Å². The summed E-state index contributed by atoms with van der Waals surface area (Å²) in [6.07, 6.45) is 0. The molecule has 0 bridgehead atoms. The highest BCUT2D eigenvalue weighted by Gasteiger charge is 2.25. The summed E-state index contributed by atoms with van der Waals surface area (Å²) >= 11 is 0. The number of nitrogens with two attached hydrogens (primary N) is 1. The lowest BCUT2D eigenvalue weighted by molar-refractivity contribution is 0.159. The van der Waals surface area contributed by atoms with Gasteiger partial charge in [0, 0.05) is 32.8 Å². The van der Waals surface area contributed by atoms with Crippen molar-refractivity contribution in [3.8, 4) is 0 Å². The summed E-state index contributed by atoms with van der Waals surface area (Å²) in [7, 11) is 1.74. The molecular formula is C8H18N2O. The molecule has 1 rings (SSSR count). The number of nitrogens with zero attached hydrogens (tertiary/aromatic N) is 1.